The van der Waals surface area contributed by atoms with E-state index in [1.54, 1.807) is 6.92 Å². The average Bonchev–Trinajstić information content (AvgIpc) is 3.00. The van der Waals surface area contributed by atoms with Crippen molar-refractivity contribution in [1.82, 2.24) is 15.4 Å². The van der Waals surface area contributed by atoms with Gasteiger partial charge in [0.05, 0.1) is 5.69 Å². The number of hydrogen-bond donors (Lipinski definition) is 2. The van der Waals surface area contributed by atoms with Crippen molar-refractivity contribution < 1.29 is 9.90 Å². The second-order valence-corrected chi connectivity index (χ2v) is 5.14. The van der Waals surface area contributed by atoms with Crippen molar-refractivity contribution in [3.8, 4) is 0 Å². The molecule has 0 unspecified atom stereocenters. The van der Waals surface area contributed by atoms with E-state index in [0.717, 1.165) is 0 Å². The van der Waals surface area contributed by atoms with Crippen LogP contribution in [0.4, 0.5) is 0 Å². The van der Waals surface area contributed by atoms with Gasteiger partial charge < -0.3 is 5.11 Å². The Labute approximate surface area is 132 Å². The number of hydrogen-bond acceptors (Lipinski definition) is 3. The maximum absolute atomic E-state index is 10.2. The zero-order chi connectivity index (χ0) is 16.2. The number of aromatic amines is 1. The summed E-state index contributed by atoms with van der Waals surface area (Å²) in [4.78, 5) is 10.2. The maximum Gasteiger partial charge on any atom is 0.358 e. The van der Waals surface area contributed by atoms with Gasteiger partial charge in [0.15, 0.2) is 5.69 Å². The quantitative estimate of drug-likeness (QED) is 0.524. The number of carboxylic acid groups (broad SMARTS) is 1. The Hall–Kier alpha value is -3.21. The van der Waals surface area contributed by atoms with Crippen LogP contribution >= 0.6 is 0 Å². The Morgan fingerprint density at radius 1 is 0.913 bits per heavy atom. The number of benzene rings is 3. The number of aromatic nitrogens is 3. The van der Waals surface area contributed by atoms with Crippen LogP contribution in [0.5, 0.6) is 0 Å². The van der Waals surface area contributed by atoms with Crippen LogP contribution < -0.4 is 0 Å². The number of aromatic carboxylic acids is 1. The smallest absolute Gasteiger partial charge is 0.358 e. The van der Waals surface area contributed by atoms with Gasteiger partial charge >= 0.3 is 5.97 Å². The topological polar surface area (TPSA) is 78.9 Å². The zero-order valence-electron chi connectivity index (χ0n) is 12.5. The molecule has 0 amide bonds. The molecule has 0 aliphatic rings. The predicted molar refractivity (Wildman–Crippen MR) is 89.5 cm³/mol. The number of rotatable bonds is 1. The van der Waals surface area contributed by atoms with Gasteiger partial charge in [0, 0.05) is 0 Å². The summed E-state index contributed by atoms with van der Waals surface area (Å²) in [6, 6.07) is 21.4. The van der Waals surface area contributed by atoms with Crippen LogP contribution in [0, 0.1) is 6.92 Å². The van der Waals surface area contributed by atoms with E-state index in [2.05, 4.69) is 76.1 Å². The molecule has 0 spiro atoms. The van der Waals surface area contributed by atoms with Crippen molar-refractivity contribution in [3.63, 3.8) is 0 Å². The van der Waals surface area contributed by atoms with Crippen molar-refractivity contribution in [3.05, 3.63) is 72.1 Å². The third kappa shape index (κ3) is 3.18. The van der Waals surface area contributed by atoms with Gasteiger partial charge in [-0.15, -0.1) is 5.10 Å². The summed E-state index contributed by atoms with van der Waals surface area (Å²) in [5, 5.41) is 22.6. The van der Waals surface area contributed by atoms with Crippen LogP contribution in [-0.2, 0) is 0 Å². The Kier molecular flexibility index (Phi) is 4.01. The molecular weight excluding hydrogens is 290 g/mol. The van der Waals surface area contributed by atoms with Gasteiger partial charge in [0.25, 0.3) is 0 Å². The summed E-state index contributed by atoms with van der Waals surface area (Å²) in [6.07, 6.45) is 0. The molecule has 0 saturated heterocycles. The number of H-pyrrole nitrogens is 1. The van der Waals surface area contributed by atoms with Crippen molar-refractivity contribution in [2.45, 2.75) is 6.92 Å². The highest BCUT2D eigenvalue weighted by Gasteiger charge is 2.09. The third-order valence-corrected chi connectivity index (χ3v) is 3.54. The van der Waals surface area contributed by atoms with Gasteiger partial charge in [-0.05, 0) is 40.6 Å². The second-order valence-electron chi connectivity index (χ2n) is 5.14. The molecule has 23 heavy (non-hydrogen) atoms. The number of nitrogens with one attached hydrogen (secondary N) is 1. The minimum atomic E-state index is -1.05. The van der Waals surface area contributed by atoms with Gasteiger partial charge in [0.2, 0.25) is 0 Å². The zero-order valence-corrected chi connectivity index (χ0v) is 12.5. The monoisotopic (exact) mass is 305 g/mol. The first kappa shape index (κ1) is 14.7. The second kappa shape index (κ2) is 6.27. The van der Waals surface area contributed by atoms with Crippen molar-refractivity contribution in [2.24, 2.45) is 0 Å². The Bertz CT molecular complexity index is 871. The Balaban J connectivity index is 0.000000151. The molecule has 4 rings (SSSR count). The number of aryl methyl sites for hydroxylation is 1. The molecule has 5 heteroatoms. The van der Waals surface area contributed by atoms with E-state index < -0.39 is 5.97 Å². The van der Waals surface area contributed by atoms with Crippen LogP contribution in [-0.4, -0.2) is 26.5 Å². The molecule has 0 atom stereocenters. The molecule has 0 aliphatic heterocycles. The fraction of sp³-hybridized carbons (Fsp3) is 0.0556. The van der Waals surface area contributed by atoms with Crippen molar-refractivity contribution in [2.75, 3.05) is 0 Å². The van der Waals surface area contributed by atoms with E-state index in [4.69, 9.17) is 5.11 Å². The summed E-state index contributed by atoms with van der Waals surface area (Å²) in [7, 11) is 0. The van der Waals surface area contributed by atoms with E-state index in [-0.39, 0.29) is 5.69 Å². The highest BCUT2D eigenvalue weighted by molar-refractivity contribution is 5.98. The van der Waals surface area contributed by atoms with Gasteiger partial charge in [-0.3, -0.25) is 5.10 Å². The molecule has 5 nitrogen and oxygen atoms in total. The van der Waals surface area contributed by atoms with E-state index in [0.29, 0.717) is 5.69 Å². The van der Waals surface area contributed by atoms with Gasteiger partial charge in [-0.25, -0.2) is 4.79 Å². The molecule has 0 bridgehead atoms. The minimum Gasteiger partial charge on any atom is -0.476 e. The van der Waals surface area contributed by atoms with Gasteiger partial charge in [0.1, 0.15) is 0 Å². The summed E-state index contributed by atoms with van der Waals surface area (Å²) < 4.78 is 0. The van der Waals surface area contributed by atoms with Crippen molar-refractivity contribution >= 4 is 27.5 Å². The first-order chi connectivity index (χ1) is 11.1. The fourth-order valence-electron chi connectivity index (χ4n) is 2.36. The van der Waals surface area contributed by atoms with Crippen molar-refractivity contribution in [1.29, 1.82) is 0 Å². The Morgan fingerprint density at radius 3 is 1.61 bits per heavy atom. The molecule has 1 heterocycles. The lowest BCUT2D eigenvalue weighted by atomic mass is 10.0. The highest BCUT2D eigenvalue weighted by atomic mass is 16.4. The summed E-state index contributed by atoms with van der Waals surface area (Å²) in [6.45, 7) is 1.60. The van der Waals surface area contributed by atoms with Crippen LogP contribution in [0.1, 0.15) is 16.2 Å². The molecule has 0 fully saturated rings. The summed E-state index contributed by atoms with van der Waals surface area (Å²) >= 11 is 0. The van der Waals surface area contributed by atoms with E-state index >= 15 is 0 Å². The summed E-state index contributed by atoms with van der Waals surface area (Å²) in [5.41, 5.74) is 0.456. The highest BCUT2D eigenvalue weighted by Crippen LogP contribution is 2.21. The average molecular weight is 305 g/mol. The lowest BCUT2D eigenvalue weighted by Gasteiger charge is -2.00. The van der Waals surface area contributed by atoms with E-state index in [1.807, 2.05) is 0 Å². The van der Waals surface area contributed by atoms with Crippen LogP contribution in [0.3, 0.4) is 0 Å². The van der Waals surface area contributed by atoms with E-state index in [1.165, 1.54) is 21.5 Å². The first-order valence-corrected chi connectivity index (χ1v) is 7.13. The molecule has 4 aromatic rings. The lowest BCUT2D eigenvalue weighted by molar-refractivity contribution is 0.0689. The summed E-state index contributed by atoms with van der Waals surface area (Å²) in [5.74, 6) is -1.05. The van der Waals surface area contributed by atoms with Crippen LogP contribution in [0.15, 0.2) is 60.7 Å². The van der Waals surface area contributed by atoms with E-state index in [9.17, 15) is 4.79 Å². The van der Waals surface area contributed by atoms with Gasteiger partial charge in [-0.1, -0.05) is 53.7 Å². The molecule has 114 valence electrons. The molecule has 0 saturated carbocycles. The molecule has 3 aromatic carbocycles. The molecule has 0 aliphatic carbocycles. The Morgan fingerprint density at radius 2 is 1.35 bits per heavy atom. The normalized spacial score (nSPS) is 10.3. The number of carboxylic acids is 1. The minimum absolute atomic E-state index is 0.0185. The largest absolute Gasteiger partial charge is 0.476 e. The third-order valence-electron chi connectivity index (χ3n) is 3.54. The van der Waals surface area contributed by atoms with Gasteiger partial charge in [-0.2, -0.15) is 0 Å². The molecule has 2 N–H and O–H groups in total. The number of nitrogens with zero attached hydrogens (tertiary/aromatic N) is 2. The maximum atomic E-state index is 10.2. The SMILES string of the molecule is Cc1[nH]nnc1C(=O)O.c1ccc2cc3ccccc3cc2c1. The number of fused-ring (bicyclic) bond motifs is 2. The van der Waals surface area contributed by atoms with Crippen LogP contribution in [0.2, 0.25) is 0 Å². The fourth-order valence-corrected chi connectivity index (χ4v) is 2.36. The first-order valence-electron chi connectivity index (χ1n) is 7.13. The molecular formula is C18H15N3O2. The van der Waals surface area contributed by atoms with Crippen LogP contribution in [0.25, 0.3) is 21.5 Å². The molecule has 0 radical (unpaired) electrons. The predicted octanol–water partition coefficient (Wildman–Crippen LogP) is 3.80. The lowest BCUT2D eigenvalue weighted by Crippen LogP contribution is -1.98. The standard InChI is InChI=1S/C14H10.C4H5N3O2/c1-2-6-12-10-14-8-4-3-7-13(14)9-11(12)5-1;1-2-3(4(8)9)6-7-5-2/h1-10H;1H3,(H,8,9)(H,5,6,7). The number of carbonyl (C=O) groups is 1. The molecule has 1 aromatic heterocycles.